The van der Waals surface area contributed by atoms with Crippen LogP contribution in [0.2, 0.25) is 0 Å². The van der Waals surface area contributed by atoms with Crippen LogP contribution in [-0.4, -0.2) is 22.8 Å². The highest BCUT2D eigenvalue weighted by atomic mass is 16.3. The molecule has 0 aromatic heterocycles. The third kappa shape index (κ3) is 6.35. The first-order valence-electron chi connectivity index (χ1n) is 23.7. The zero-order valence-electron chi connectivity index (χ0n) is 36.9. The van der Waals surface area contributed by atoms with E-state index in [9.17, 15) is 25.2 Å². The maximum Gasteiger partial charge on any atom is 0.162 e. The Kier molecular flexibility index (Phi) is 11.7. The van der Waals surface area contributed by atoms with Gasteiger partial charge in [-0.2, -0.15) is 10.5 Å². The van der Waals surface area contributed by atoms with Gasteiger partial charge in [0, 0.05) is 30.6 Å². The second-order valence-corrected chi connectivity index (χ2v) is 22.6. The Morgan fingerprint density at radius 2 is 1.20 bits per heavy atom. The summed E-state index contributed by atoms with van der Waals surface area (Å²) in [4.78, 5) is 27.7. The average molecular weight is 767 g/mol. The van der Waals surface area contributed by atoms with Crippen molar-refractivity contribution in [2.45, 2.75) is 178 Å². The Labute approximate surface area is 341 Å². The average Bonchev–Trinajstić information content (AvgIpc) is 3.71. The van der Waals surface area contributed by atoms with Gasteiger partial charge >= 0.3 is 0 Å². The molecule has 0 amide bonds. The highest BCUT2D eigenvalue weighted by Crippen LogP contribution is 2.70. The predicted molar refractivity (Wildman–Crippen MR) is 223 cm³/mol. The molecule has 0 heterocycles. The number of nitrogens with zero attached hydrogens (tertiary/aromatic N) is 2. The van der Waals surface area contributed by atoms with Crippen molar-refractivity contribution in [3.05, 3.63) is 11.6 Å². The molecule has 0 aromatic rings. The Hall–Kier alpha value is -1.98. The third-order valence-corrected chi connectivity index (χ3v) is 20.5. The number of ketones is 2. The molecule has 0 saturated heterocycles. The van der Waals surface area contributed by atoms with Gasteiger partial charge in [0.1, 0.15) is 5.78 Å². The van der Waals surface area contributed by atoms with E-state index in [1.165, 1.54) is 76.2 Å². The van der Waals surface area contributed by atoms with Crippen molar-refractivity contribution < 1.29 is 14.7 Å². The summed E-state index contributed by atoms with van der Waals surface area (Å²) in [6, 6.07) is 4.80. The number of hydrogen-bond donors (Lipinski definition) is 1. The van der Waals surface area contributed by atoms with Crippen molar-refractivity contribution in [1.29, 1.82) is 10.5 Å². The standard InChI is InChI=1S/C26H39NO.C25H39NO2/c1-6-18-22-15-16(2)9-12-26(22,5)21-10-13-25(4)19(17(3)11-14-27)7-8-20(25)23(21)24(18)28;1-5-17-21-14-16(27)8-11-25(21,4)20-9-12-24(3)18(15(2)10-13-26)6-7-19(24)22(20)23(17)28/h6,16-17,19-23H,7-13,15H2,1-5H3;15-22,27H,5-12,14H2,1-4H3/b18-6+;/t16-,17-,19-,20+,21+,22+,23+,25-,26-;15-,16-,17?,18-,19+,20+,21+,22+,24-,25-/m11/s1. The minimum Gasteiger partial charge on any atom is -0.393 e. The Balaban J connectivity index is 0.000000172. The van der Waals surface area contributed by atoms with E-state index < -0.39 is 0 Å². The molecule has 8 aliphatic carbocycles. The van der Waals surface area contributed by atoms with E-state index in [0.29, 0.717) is 89.0 Å². The molecule has 0 aromatic carbocycles. The molecule has 0 bridgehead atoms. The Morgan fingerprint density at radius 1 is 0.696 bits per heavy atom. The van der Waals surface area contributed by atoms with E-state index in [1.807, 2.05) is 0 Å². The molecule has 8 fully saturated rings. The quantitative estimate of drug-likeness (QED) is 0.281. The van der Waals surface area contributed by atoms with Gasteiger partial charge in [0.25, 0.3) is 0 Å². The summed E-state index contributed by atoms with van der Waals surface area (Å²) in [5.74, 6) is 7.42. The van der Waals surface area contributed by atoms with Gasteiger partial charge in [-0.05, 0) is 189 Å². The second-order valence-electron chi connectivity index (χ2n) is 22.6. The van der Waals surface area contributed by atoms with Gasteiger partial charge in [-0.3, -0.25) is 9.59 Å². The van der Waals surface area contributed by atoms with Crippen LogP contribution in [0.3, 0.4) is 0 Å². The van der Waals surface area contributed by atoms with Crippen LogP contribution in [0.25, 0.3) is 0 Å². The van der Waals surface area contributed by atoms with Gasteiger partial charge in [-0.15, -0.1) is 0 Å². The minimum absolute atomic E-state index is 0.138. The number of carbonyl (C=O) groups excluding carboxylic acids is 2. The van der Waals surface area contributed by atoms with Crippen molar-refractivity contribution in [1.82, 2.24) is 0 Å². The highest BCUT2D eigenvalue weighted by molar-refractivity contribution is 5.99. The van der Waals surface area contributed by atoms with Crippen LogP contribution in [0.4, 0.5) is 0 Å². The third-order valence-electron chi connectivity index (χ3n) is 20.5. The van der Waals surface area contributed by atoms with Crippen LogP contribution in [-0.2, 0) is 9.59 Å². The lowest BCUT2D eigenvalue weighted by atomic mass is 9.42. The van der Waals surface area contributed by atoms with Crippen LogP contribution in [0.15, 0.2) is 11.6 Å². The maximum atomic E-state index is 13.9. The lowest BCUT2D eigenvalue weighted by Gasteiger charge is -2.62. The molecule has 310 valence electrons. The SMILES string of the molecule is C/C=C1/C(=O)[C@@H]2[C@H](CC[C@]3(C)[C@@H]([C@H](C)CC#N)CC[C@@H]23)[C@@]2(C)CC[C@@H](C)C[C@@H]12.CCC1C(=O)[C@@H]2[C@H](CC[C@]3(C)[C@@H]([C@H](C)CC#N)CC[C@@H]23)[C@@]2(C)CC[C@@H](O)C[C@@H]12. The fourth-order valence-electron chi connectivity index (χ4n) is 17.6. The first-order chi connectivity index (χ1) is 26.5. The number of allylic oxidation sites excluding steroid dienone is 2. The van der Waals surface area contributed by atoms with Crippen molar-refractivity contribution in [3.63, 3.8) is 0 Å². The normalized spacial score (nSPS) is 51.0. The lowest BCUT2D eigenvalue weighted by molar-refractivity contribution is -0.173. The number of aliphatic hydroxyl groups is 1. The van der Waals surface area contributed by atoms with Crippen LogP contribution in [0.1, 0.15) is 171 Å². The van der Waals surface area contributed by atoms with Crippen LogP contribution >= 0.6 is 0 Å². The Morgan fingerprint density at radius 3 is 1.73 bits per heavy atom. The molecule has 1 N–H and O–H groups in total. The summed E-state index contributed by atoms with van der Waals surface area (Å²) in [6.07, 6.45) is 20.5. The monoisotopic (exact) mass is 767 g/mol. The fourth-order valence-corrected chi connectivity index (χ4v) is 17.6. The van der Waals surface area contributed by atoms with E-state index in [4.69, 9.17) is 0 Å². The van der Waals surface area contributed by atoms with Gasteiger partial charge in [0.05, 0.1) is 18.2 Å². The van der Waals surface area contributed by atoms with E-state index in [1.54, 1.807) is 0 Å². The molecule has 8 rings (SSSR count). The molecular formula is C51H78N2O3. The first-order valence-corrected chi connectivity index (χ1v) is 23.7. The topological polar surface area (TPSA) is 102 Å². The van der Waals surface area contributed by atoms with Gasteiger partial charge < -0.3 is 5.11 Å². The second kappa shape index (κ2) is 15.6. The molecular weight excluding hydrogens is 689 g/mol. The zero-order chi connectivity index (χ0) is 40.5. The Bertz CT molecular complexity index is 1620. The van der Waals surface area contributed by atoms with Crippen LogP contribution in [0.5, 0.6) is 0 Å². The predicted octanol–water partition coefficient (Wildman–Crippen LogP) is 11.9. The van der Waals surface area contributed by atoms with Crippen molar-refractivity contribution >= 4 is 11.6 Å². The number of hydrogen-bond acceptors (Lipinski definition) is 5. The van der Waals surface area contributed by atoms with Gasteiger partial charge in [0.2, 0.25) is 0 Å². The summed E-state index contributed by atoms with van der Waals surface area (Å²) in [6.45, 7) is 21.1. The first kappa shape index (κ1) is 42.2. The highest BCUT2D eigenvalue weighted by Gasteiger charge is 2.66. The smallest absolute Gasteiger partial charge is 0.162 e. The van der Waals surface area contributed by atoms with E-state index >= 15 is 0 Å². The molecule has 5 heteroatoms. The van der Waals surface area contributed by atoms with Crippen molar-refractivity contribution in [3.8, 4) is 12.1 Å². The van der Waals surface area contributed by atoms with E-state index in [0.717, 1.165) is 31.6 Å². The fraction of sp³-hybridized carbons (Fsp3) is 0.882. The number of aliphatic hydroxyl groups excluding tert-OH is 1. The molecule has 8 aliphatic rings. The van der Waals surface area contributed by atoms with E-state index in [-0.39, 0.29) is 40.1 Å². The molecule has 1 unspecified atom stereocenters. The van der Waals surface area contributed by atoms with Gasteiger partial charge in [-0.1, -0.05) is 67.9 Å². The molecule has 0 radical (unpaired) electrons. The number of Topliss-reactive ketones (excluding diaryl/α,β-unsaturated/α-hetero) is 2. The van der Waals surface area contributed by atoms with Crippen LogP contribution in [0, 0.1) is 127 Å². The van der Waals surface area contributed by atoms with E-state index in [2.05, 4.69) is 80.5 Å². The summed E-state index contributed by atoms with van der Waals surface area (Å²) in [5, 5.41) is 28.8. The van der Waals surface area contributed by atoms with Crippen molar-refractivity contribution in [2.75, 3.05) is 0 Å². The van der Waals surface area contributed by atoms with Gasteiger partial charge in [0.15, 0.2) is 5.78 Å². The number of carbonyl (C=O) groups is 2. The molecule has 0 aliphatic heterocycles. The summed E-state index contributed by atoms with van der Waals surface area (Å²) in [5.41, 5.74) is 2.17. The number of fused-ring (bicyclic) bond motifs is 10. The largest absolute Gasteiger partial charge is 0.393 e. The molecule has 56 heavy (non-hydrogen) atoms. The van der Waals surface area contributed by atoms with Crippen LogP contribution < -0.4 is 0 Å². The maximum absolute atomic E-state index is 13.9. The summed E-state index contributed by atoms with van der Waals surface area (Å²) >= 11 is 0. The summed E-state index contributed by atoms with van der Waals surface area (Å²) in [7, 11) is 0. The number of rotatable bonds is 5. The molecule has 8 saturated carbocycles. The zero-order valence-corrected chi connectivity index (χ0v) is 36.9. The summed E-state index contributed by atoms with van der Waals surface area (Å²) < 4.78 is 0. The van der Waals surface area contributed by atoms with Crippen molar-refractivity contribution in [2.24, 2.45) is 105 Å². The molecule has 5 nitrogen and oxygen atoms in total. The lowest BCUT2D eigenvalue weighted by Crippen LogP contribution is -2.60. The van der Waals surface area contributed by atoms with Gasteiger partial charge in [-0.25, -0.2) is 0 Å². The molecule has 19 atom stereocenters. The molecule has 0 spiro atoms. The number of nitriles is 2. The minimum atomic E-state index is -0.215.